The fraction of sp³-hybridized carbons (Fsp3) is 0.150. The molecule has 2 atom stereocenters. The Kier molecular flexibility index (Phi) is 10.1. The van der Waals surface area contributed by atoms with Gasteiger partial charge in [0.25, 0.3) is 0 Å². The molecule has 238 valence electrons. The SMILES string of the molecule is CC1=Cc2c(-c3ccccc3)cc(-n3cccn3)cc2[C@@H]1[Zr+2]([C@H]1C(C)=Cc2c(-c3ccccc3)cc(-n3cccn3)cc21)=[Si](C)C.[Cl-].[Cl-]. The summed E-state index contributed by atoms with van der Waals surface area (Å²) < 4.78 is 5.07. The first-order chi connectivity index (χ1) is 22.5. The van der Waals surface area contributed by atoms with Gasteiger partial charge in [0.1, 0.15) is 0 Å². The molecule has 0 unspecified atom stereocenters. The Morgan fingerprint density at radius 2 is 1.00 bits per heavy atom. The number of rotatable bonds is 6. The van der Waals surface area contributed by atoms with Gasteiger partial charge in [0.2, 0.25) is 0 Å². The summed E-state index contributed by atoms with van der Waals surface area (Å²) in [6, 6.07) is 35.4. The zero-order valence-corrected chi connectivity index (χ0v) is 32.4. The Labute approximate surface area is 303 Å². The Morgan fingerprint density at radius 1 is 0.583 bits per heavy atom. The molecule has 8 rings (SSSR count). The second-order valence-electron chi connectivity index (χ2n) is 12.7. The van der Waals surface area contributed by atoms with Crippen molar-refractivity contribution >= 4 is 17.6 Å². The summed E-state index contributed by atoms with van der Waals surface area (Å²) in [5.74, 6) is 0. The van der Waals surface area contributed by atoms with Crippen LogP contribution in [0.3, 0.4) is 0 Å². The van der Waals surface area contributed by atoms with Gasteiger partial charge >= 0.3 is 281 Å². The van der Waals surface area contributed by atoms with Crippen LogP contribution in [0.2, 0.25) is 13.1 Å². The van der Waals surface area contributed by atoms with Crippen LogP contribution in [-0.4, -0.2) is 25.0 Å². The van der Waals surface area contributed by atoms with Crippen LogP contribution in [0.1, 0.15) is 43.4 Å². The molecule has 0 amide bonds. The molecule has 4 aromatic carbocycles. The van der Waals surface area contributed by atoms with E-state index in [2.05, 4.69) is 147 Å². The molecule has 8 heteroatoms. The first-order valence-electron chi connectivity index (χ1n) is 16.0. The monoisotopic (exact) mass is 760 g/mol. The van der Waals surface area contributed by atoms with Crippen molar-refractivity contribution in [1.82, 2.24) is 19.6 Å². The number of aromatic nitrogens is 4. The van der Waals surface area contributed by atoms with Gasteiger partial charge in [0, 0.05) is 0 Å². The van der Waals surface area contributed by atoms with Crippen molar-refractivity contribution in [3.63, 3.8) is 0 Å². The van der Waals surface area contributed by atoms with Crippen LogP contribution in [-0.2, 0) is 20.4 Å². The minimum atomic E-state index is -2.35. The zero-order valence-electron chi connectivity index (χ0n) is 27.4. The van der Waals surface area contributed by atoms with Gasteiger partial charge in [-0.2, -0.15) is 0 Å². The van der Waals surface area contributed by atoms with Crippen LogP contribution in [0.5, 0.6) is 0 Å². The molecule has 2 aromatic heterocycles. The Balaban J connectivity index is 0.00000201. The van der Waals surface area contributed by atoms with Crippen LogP contribution in [0.25, 0.3) is 45.8 Å². The molecule has 0 spiro atoms. The number of hydrogen-bond acceptors (Lipinski definition) is 2. The van der Waals surface area contributed by atoms with Gasteiger partial charge in [0.05, 0.1) is 0 Å². The standard InChI is InChI=1S/2C19H15N2.C2H6Si.2ClH.Zr/c2*1-14-10-16-12-17(21-9-5-8-20-21)13-19(18(16)11-14)15-6-3-2-4-7-15;1-3-2;;;/h2*2-13H,1H3;1-2H3;2*1H;/q;;;;;+2/p-2. The average Bonchev–Trinajstić information content (AvgIpc) is 3.89. The maximum absolute atomic E-state index is 4.67. The van der Waals surface area contributed by atoms with Crippen molar-refractivity contribution < 1.29 is 45.2 Å². The number of nitrogens with zero attached hydrogens (tertiary/aromatic N) is 4. The molecule has 6 aromatic rings. The molecule has 4 nitrogen and oxygen atoms in total. The summed E-state index contributed by atoms with van der Waals surface area (Å²) >= 11 is -2.35. The third kappa shape index (κ3) is 5.98. The molecule has 2 aliphatic carbocycles. The summed E-state index contributed by atoms with van der Waals surface area (Å²) in [5.41, 5.74) is 15.7. The second kappa shape index (κ2) is 14.1. The van der Waals surface area contributed by atoms with Crippen molar-refractivity contribution in [3.8, 4) is 33.6 Å². The minimum Gasteiger partial charge on any atom is -1.00 e. The smallest absolute Gasteiger partial charge is 1.00 e. The molecule has 2 aliphatic rings. The van der Waals surface area contributed by atoms with E-state index in [-0.39, 0.29) is 24.8 Å². The summed E-state index contributed by atoms with van der Waals surface area (Å²) in [4.78, 5) is 0. The molecular weight excluding hydrogens is 727 g/mol. The van der Waals surface area contributed by atoms with E-state index < -0.39 is 25.8 Å². The van der Waals surface area contributed by atoms with Gasteiger partial charge in [-0.25, -0.2) is 0 Å². The predicted octanol–water partition coefficient (Wildman–Crippen LogP) is 3.89. The molecule has 0 saturated heterocycles. The summed E-state index contributed by atoms with van der Waals surface area (Å²) in [5, 5.41) is 9.33. The predicted molar refractivity (Wildman–Crippen MR) is 188 cm³/mol. The summed E-state index contributed by atoms with van der Waals surface area (Å²) in [6.45, 7) is 10.0. The first kappa shape index (κ1) is 34.3. The van der Waals surface area contributed by atoms with Gasteiger partial charge in [-0.05, 0) is 0 Å². The van der Waals surface area contributed by atoms with Gasteiger partial charge in [0.15, 0.2) is 0 Å². The van der Waals surface area contributed by atoms with Crippen molar-refractivity contribution in [2.45, 2.75) is 34.2 Å². The second-order valence-corrected chi connectivity index (χ2v) is 30.6. The molecule has 0 fully saturated rings. The molecule has 0 aliphatic heterocycles. The van der Waals surface area contributed by atoms with E-state index in [9.17, 15) is 0 Å². The molecule has 2 heterocycles. The van der Waals surface area contributed by atoms with E-state index in [1.807, 2.05) is 33.9 Å². The van der Waals surface area contributed by atoms with Gasteiger partial charge < -0.3 is 24.8 Å². The van der Waals surface area contributed by atoms with Crippen LogP contribution in [0.15, 0.2) is 133 Å². The van der Waals surface area contributed by atoms with E-state index in [1.54, 1.807) is 0 Å². The minimum absolute atomic E-state index is 0. The fourth-order valence-electron chi connectivity index (χ4n) is 7.62. The van der Waals surface area contributed by atoms with Gasteiger partial charge in [-0.1, -0.05) is 0 Å². The molecule has 48 heavy (non-hydrogen) atoms. The molecule has 0 bridgehead atoms. The van der Waals surface area contributed by atoms with Crippen molar-refractivity contribution in [2.24, 2.45) is 0 Å². The molecule has 0 saturated carbocycles. The molecule has 0 N–H and O–H groups in total. The van der Waals surface area contributed by atoms with E-state index in [1.165, 1.54) is 55.7 Å². The quantitative estimate of drug-likeness (QED) is 0.242. The van der Waals surface area contributed by atoms with E-state index in [4.69, 9.17) is 0 Å². The van der Waals surface area contributed by atoms with Crippen LogP contribution >= 0.6 is 0 Å². The maximum atomic E-state index is 4.67. The van der Waals surface area contributed by atoms with E-state index >= 15 is 0 Å². The third-order valence-corrected chi connectivity index (χ3v) is 29.5. The van der Waals surface area contributed by atoms with Crippen molar-refractivity contribution in [3.05, 3.63) is 155 Å². The maximum Gasteiger partial charge on any atom is -1.00 e. The van der Waals surface area contributed by atoms with E-state index in [0.29, 0.717) is 7.25 Å². The van der Waals surface area contributed by atoms with Crippen molar-refractivity contribution in [1.29, 1.82) is 0 Å². The van der Waals surface area contributed by atoms with Crippen LogP contribution in [0, 0.1) is 0 Å². The van der Waals surface area contributed by atoms with E-state index in [0.717, 1.165) is 11.4 Å². The largest absolute Gasteiger partial charge is 1.00 e. The fourth-order valence-corrected chi connectivity index (χ4v) is 28.3. The normalized spacial score (nSPS) is 15.6. The van der Waals surface area contributed by atoms with Crippen molar-refractivity contribution in [2.75, 3.05) is 0 Å². The Hall–Kier alpha value is -3.54. The zero-order chi connectivity index (χ0) is 31.4. The third-order valence-electron chi connectivity index (χ3n) is 9.58. The van der Waals surface area contributed by atoms with Crippen LogP contribution < -0.4 is 24.8 Å². The number of benzene rings is 4. The van der Waals surface area contributed by atoms with Gasteiger partial charge in [-0.15, -0.1) is 0 Å². The Bertz CT molecular complexity index is 2030. The topological polar surface area (TPSA) is 35.6 Å². The number of allylic oxidation sites excluding steroid dienone is 2. The van der Waals surface area contributed by atoms with Gasteiger partial charge in [-0.3, -0.25) is 0 Å². The number of hydrogen-bond donors (Lipinski definition) is 0. The summed E-state index contributed by atoms with van der Waals surface area (Å²) in [6.07, 6.45) is 12.9. The average molecular weight is 763 g/mol. The number of halogens is 2. The van der Waals surface area contributed by atoms with Crippen LogP contribution in [0.4, 0.5) is 0 Å². The summed E-state index contributed by atoms with van der Waals surface area (Å²) in [7, 11) is 0. The Morgan fingerprint density at radius 3 is 1.35 bits per heavy atom. The molecular formula is C40H36Cl2N4SiZr. The molecule has 0 radical (unpaired) electrons. The number of fused-ring (bicyclic) bond motifs is 2. The first-order valence-corrected chi connectivity index (χ1v) is 25.0.